The molecule has 1 aliphatic carbocycles. The molecule has 0 aromatic heterocycles. The van der Waals surface area contributed by atoms with Gasteiger partial charge in [-0.25, -0.2) is 4.79 Å². The van der Waals surface area contributed by atoms with E-state index in [0.717, 1.165) is 31.8 Å². The van der Waals surface area contributed by atoms with Crippen molar-refractivity contribution in [2.45, 2.75) is 57.2 Å². The Morgan fingerprint density at radius 3 is 2.94 bits per heavy atom. The molecule has 2 amide bonds. The van der Waals surface area contributed by atoms with Crippen molar-refractivity contribution >= 4 is 6.03 Å². The van der Waals surface area contributed by atoms with Crippen LogP contribution in [0.2, 0.25) is 0 Å². The Hall–Kier alpha value is -1.03. The molecule has 0 spiro atoms. The van der Waals surface area contributed by atoms with Crippen LogP contribution in [-0.2, 0) is 4.74 Å². The lowest BCUT2D eigenvalue weighted by Gasteiger charge is -2.30. The molecule has 1 aliphatic heterocycles. The first-order valence-corrected chi connectivity index (χ1v) is 6.98. The molecule has 0 aromatic carbocycles. The lowest BCUT2D eigenvalue weighted by atomic mass is 10.0. The van der Waals surface area contributed by atoms with Crippen molar-refractivity contribution in [3.8, 4) is 0 Å². The van der Waals surface area contributed by atoms with Crippen molar-refractivity contribution < 1.29 is 9.53 Å². The average molecular weight is 252 g/mol. The Morgan fingerprint density at radius 2 is 2.28 bits per heavy atom. The highest BCUT2D eigenvalue weighted by molar-refractivity contribution is 5.74. The van der Waals surface area contributed by atoms with Gasteiger partial charge >= 0.3 is 6.03 Å². The van der Waals surface area contributed by atoms with Gasteiger partial charge in [0.2, 0.25) is 0 Å². The monoisotopic (exact) mass is 252 g/mol. The summed E-state index contributed by atoms with van der Waals surface area (Å²) in [5.41, 5.74) is 0. The van der Waals surface area contributed by atoms with Crippen LogP contribution in [0.4, 0.5) is 4.79 Å². The van der Waals surface area contributed by atoms with E-state index in [1.165, 1.54) is 12.8 Å². The van der Waals surface area contributed by atoms with Gasteiger partial charge in [0.15, 0.2) is 0 Å². The van der Waals surface area contributed by atoms with E-state index >= 15 is 0 Å². The summed E-state index contributed by atoms with van der Waals surface area (Å²) < 4.78 is 5.75. The fraction of sp³-hybridized carbons (Fsp3) is 0.786. The Morgan fingerprint density at radius 1 is 1.50 bits per heavy atom. The summed E-state index contributed by atoms with van der Waals surface area (Å²) >= 11 is 0. The smallest absolute Gasteiger partial charge is 0.315 e. The normalized spacial score (nSPS) is 29.4. The molecule has 102 valence electrons. The maximum Gasteiger partial charge on any atom is 0.315 e. The van der Waals surface area contributed by atoms with Crippen LogP contribution in [0.3, 0.4) is 0 Å². The second kappa shape index (κ2) is 6.23. The van der Waals surface area contributed by atoms with Crippen LogP contribution < -0.4 is 10.6 Å². The topological polar surface area (TPSA) is 50.4 Å². The van der Waals surface area contributed by atoms with Gasteiger partial charge in [-0.3, -0.25) is 0 Å². The molecule has 0 aromatic rings. The van der Waals surface area contributed by atoms with Gasteiger partial charge in [0.25, 0.3) is 0 Å². The molecular formula is C14H24N2O2. The fourth-order valence-corrected chi connectivity index (χ4v) is 2.52. The van der Waals surface area contributed by atoms with Gasteiger partial charge in [0, 0.05) is 18.7 Å². The number of carbonyl (C=O) groups excluding carboxylic acids is 1. The van der Waals surface area contributed by atoms with E-state index in [9.17, 15) is 4.79 Å². The molecule has 4 nitrogen and oxygen atoms in total. The zero-order chi connectivity index (χ0) is 13.0. The molecule has 0 unspecified atom stereocenters. The van der Waals surface area contributed by atoms with Crippen LogP contribution in [-0.4, -0.2) is 30.8 Å². The molecule has 0 radical (unpaired) electrons. The summed E-state index contributed by atoms with van der Waals surface area (Å²) in [6.45, 7) is 6.43. The molecule has 1 saturated carbocycles. The Balaban J connectivity index is 1.70. The van der Waals surface area contributed by atoms with E-state index in [0.29, 0.717) is 6.10 Å². The molecule has 2 N–H and O–H groups in total. The predicted molar refractivity (Wildman–Crippen MR) is 71.4 cm³/mol. The first-order chi connectivity index (χ1) is 8.69. The number of nitrogens with one attached hydrogen (secondary N) is 2. The fourth-order valence-electron chi connectivity index (χ4n) is 2.52. The maximum absolute atomic E-state index is 11.8. The van der Waals surface area contributed by atoms with Crippen molar-refractivity contribution in [1.29, 1.82) is 0 Å². The van der Waals surface area contributed by atoms with Gasteiger partial charge in [-0.2, -0.15) is 0 Å². The number of carbonyl (C=O) groups is 1. The molecule has 4 heteroatoms. The second-order valence-electron chi connectivity index (χ2n) is 5.51. The summed E-state index contributed by atoms with van der Waals surface area (Å²) in [6, 6.07) is 0.340. The number of ether oxygens (including phenoxy) is 1. The third-order valence-electron chi connectivity index (χ3n) is 3.70. The van der Waals surface area contributed by atoms with Crippen LogP contribution in [0.1, 0.15) is 39.0 Å². The van der Waals surface area contributed by atoms with Crippen LogP contribution in [0.25, 0.3) is 0 Å². The molecule has 2 fully saturated rings. The maximum atomic E-state index is 11.8. The van der Waals surface area contributed by atoms with E-state index in [2.05, 4.69) is 17.2 Å². The highest BCUT2D eigenvalue weighted by Crippen LogP contribution is 2.38. The molecule has 18 heavy (non-hydrogen) atoms. The van der Waals surface area contributed by atoms with Gasteiger partial charge in [0.1, 0.15) is 0 Å². The lowest BCUT2D eigenvalue weighted by Crippen LogP contribution is -2.48. The number of urea groups is 1. The number of rotatable bonds is 5. The SMILES string of the molecule is C=CC[C@H](C)NC(=O)N[C@@H]1CCO[C@H](C2CC2)C1. The standard InChI is InChI=1S/C14H24N2O2/c1-3-4-10(2)15-14(17)16-12-7-8-18-13(9-12)11-5-6-11/h3,10-13H,1,4-9H2,2H3,(H2,15,16,17)/t10-,12+,13-/m0/s1. The third-order valence-corrected chi connectivity index (χ3v) is 3.70. The molecule has 2 aliphatic rings. The predicted octanol–water partition coefficient (Wildman–Crippen LogP) is 2.21. The quantitative estimate of drug-likeness (QED) is 0.737. The minimum Gasteiger partial charge on any atom is -0.378 e. The molecule has 1 saturated heterocycles. The Kier molecular flexibility index (Phi) is 4.64. The third kappa shape index (κ3) is 4.02. The largest absolute Gasteiger partial charge is 0.378 e. The van der Waals surface area contributed by atoms with Gasteiger partial charge in [-0.15, -0.1) is 6.58 Å². The van der Waals surface area contributed by atoms with E-state index in [4.69, 9.17) is 4.74 Å². The van der Waals surface area contributed by atoms with Gasteiger partial charge in [0.05, 0.1) is 6.10 Å². The van der Waals surface area contributed by atoms with E-state index in [1.807, 2.05) is 13.0 Å². The Bertz CT molecular complexity index is 302. The summed E-state index contributed by atoms with van der Waals surface area (Å²) in [7, 11) is 0. The highest BCUT2D eigenvalue weighted by atomic mass is 16.5. The van der Waals surface area contributed by atoms with E-state index in [-0.39, 0.29) is 18.1 Å². The zero-order valence-corrected chi connectivity index (χ0v) is 11.2. The molecule has 3 atom stereocenters. The Labute approximate surface area is 109 Å². The minimum absolute atomic E-state index is 0.0641. The highest BCUT2D eigenvalue weighted by Gasteiger charge is 2.36. The summed E-state index contributed by atoms with van der Waals surface area (Å²) in [5, 5.41) is 5.98. The van der Waals surface area contributed by atoms with Crippen LogP contribution in [0.5, 0.6) is 0 Å². The van der Waals surface area contributed by atoms with Crippen molar-refractivity contribution in [3.63, 3.8) is 0 Å². The minimum atomic E-state index is -0.0641. The van der Waals surface area contributed by atoms with Crippen molar-refractivity contribution in [2.24, 2.45) is 5.92 Å². The molecular weight excluding hydrogens is 228 g/mol. The molecule has 1 heterocycles. The van der Waals surface area contributed by atoms with E-state index < -0.39 is 0 Å². The molecule has 0 bridgehead atoms. The summed E-state index contributed by atoms with van der Waals surface area (Å²) in [4.78, 5) is 11.8. The first kappa shape index (κ1) is 13.4. The van der Waals surface area contributed by atoms with Crippen LogP contribution >= 0.6 is 0 Å². The lowest BCUT2D eigenvalue weighted by molar-refractivity contribution is -0.00917. The van der Waals surface area contributed by atoms with Crippen molar-refractivity contribution in [3.05, 3.63) is 12.7 Å². The summed E-state index contributed by atoms with van der Waals surface area (Å²) in [6.07, 6.45) is 7.46. The molecule has 2 rings (SSSR count). The van der Waals surface area contributed by atoms with Crippen LogP contribution in [0, 0.1) is 5.92 Å². The van der Waals surface area contributed by atoms with Gasteiger partial charge < -0.3 is 15.4 Å². The van der Waals surface area contributed by atoms with E-state index in [1.54, 1.807) is 0 Å². The zero-order valence-electron chi connectivity index (χ0n) is 11.2. The second-order valence-corrected chi connectivity index (χ2v) is 5.51. The first-order valence-electron chi connectivity index (χ1n) is 6.98. The van der Waals surface area contributed by atoms with Gasteiger partial charge in [-0.1, -0.05) is 6.08 Å². The number of hydrogen-bond donors (Lipinski definition) is 2. The number of hydrogen-bond acceptors (Lipinski definition) is 2. The van der Waals surface area contributed by atoms with Crippen molar-refractivity contribution in [1.82, 2.24) is 10.6 Å². The van der Waals surface area contributed by atoms with Crippen LogP contribution in [0.15, 0.2) is 12.7 Å². The summed E-state index contributed by atoms with van der Waals surface area (Å²) in [5.74, 6) is 0.748. The average Bonchev–Trinajstić information content (AvgIpc) is 3.13. The number of amides is 2. The van der Waals surface area contributed by atoms with Gasteiger partial charge in [-0.05, 0) is 44.9 Å². The van der Waals surface area contributed by atoms with Crippen molar-refractivity contribution in [2.75, 3.05) is 6.61 Å².